The molecule has 0 fully saturated rings. The monoisotopic (exact) mass is 224 g/mol. The Hall–Kier alpha value is -1.82. The maximum atomic E-state index is 10.9. The maximum Gasteiger partial charge on any atom is 0.255 e. The zero-order valence-corrected chi connectivity index (χ0v) is 8.45. The van der Waals surface area contributed by atoms with Gasteiger partial charge in [0.05, 0.1) is 18.9 Å². The summed E-state index contributed by atoms with van der Waals surface area (Å²) in [5.74, 6) is 0.466. The van der Waals surface area contributed by atoms with Gasteiger partial charge in [0.2, 0.25) is 0 Å². The van der Waals surface area contributed by atoms with Gasteiger partial charge in [-0.3, -0.25) is 14.3 Å². The highest BCUT2D eigenvalue weighted by atomic mass is 32.1. The van der Waals surface area contributed by atoms with Crippen LogP contribution in [-0.4, -0.2) is 14.7 Å². The Bertz CT molecular complexity index is 568. The fourth-order valence-electron chi connectivity index (χ4n) is 1.22. The fourth-order valence-corrected chi connectivity index (χ4v) is 1.48. The van der Waals surface area contributed by atoms with Crippen molar-refractivity contribution in [1.82, 2.24) is 9.55 Å². The van der Waals surface area contributed by atoms with Crippen LogP contribution >= 0.6 is 12.2 Å². The van der Waals surface area contributed by atoms with Crippen LogP contribution in [0.2, 0.25) is 0 Å². The van der Waals surface area contributed by atoms with Crippen LogP contribution in [0, 0.1) is 4.77 Å². The largest absolute Gasteiger partial charge is 0.494 e. The van der Waals surface area contributed by atoms with E-state index in [1.807, 2.05) is 0 Å². The minimum absolute atomic E-state index is 0.163. The standard InChI is InChI=1S/C9H8N2O3S/c12-7-4-8(13)11(9(15)10-7)5-6-2-1-3-14-6/h1-4,13H,5H2,(H,10,12,15). The topological polar surface area (TPSA) is 71.2 Å². The molecule has 2 rings (SSSR count). The second-order valence-corrected chi connectivity index (χ2v) is 3.35. The molecule has 6 heteroatoms. The molecule has 0 saturated heterocycles. The maximum absolute atomic E-state index is 10.9. The molecule has 2 heterocycles. The first-order valence-corrected chi connectivity index (χ1v) is 4.63. The number of rotatable bonds is 2. The highest BCUT2D eigenvalue weighted by Crippen LogP contribution is 2.10. The molecule has 0 aliphatic rings. The van der Waals surface area contributed by atoms with E-state index in [2.05, 4.69) is 4.98 Å². The second-order valence-electron chi connectivity index (χ2n) is 2.96. The Morgan fingerprint density at radius 2 is 2.40 bits per heavy atom. The minimum atomic E-state index is -0.423. The van der Waals surface area contributed by atoms with Gasteiger partial charge in [0.15, 0.2) is 10.7 Å². The van der Waals surface area contributed by atoms with Crippen molar-refractivity contribution in [2.45, 2.75) is 6.54 Å². The lowest BCUT2D eigenvalue weighted by Gasteiger charge is -2.06. The molecule has 0 radical (unpaired) electrons. The lowest BCUT2D eigenvalue weighted by molar-refractivity contribution is 0.397. The van der Waals surface area contributed by atoms with Crippen LogP contribution in [-0.2, 0) is 6.54 Å². The predicted octanol–water partition coefficient (Wildman–Crippen LogP) is 1.25. The van der Waals surface area contributed by atoms with Gasteiger partial charge in [-0.05, 0) is 24.4 Å². The number of hydrogen-bond donors (Lipinski definition) is 2. The number of aromatic hydroxyl groups is 1. The van der Waals surface area contributed by atoms with Crippen LogP contribution in [0.1, 0.15) is 5.76 Å². The van der Waals surface area contributed by atoms with Gasteiger partial charge in [0.1, 0.15) is 5.76 Å². The van der Waals surface area contributed by atoms with E-state index in [-0.39, 0.29) is 17.2 Å². The van der Waals surface area contributed by atoms with Crippen LogP contribution in [0.15, 0.2) is 33.7 Å². The van der Waals surface area contributed by atoms with E-state index in [9.17, 15) is 9.90 Å². The molecule has 0 aliphatic carbocycles. The Morgan fingerprint density at radius 3 is 3.00 bits per heavy atom. The molecule has 2 aromatic heterocycles. The number of hydrogen-bond acceptors (Lipinski definition) is 4. The molecule has 0 unspecified atom stereocenters. The zero-order valence-electron chi connectivity index (χ0n) is 7.64. The van der Waals surface area contributed by atoms with Gasteiger partial charge in [-0.2, -0.15) is 0 Å². The first-order chi connectivity index (χ1) is 7.16. The van der Waals surface area contributed by atoms with Crippen LogP contribution in [0.3, 0.4) is 0 Å². The molecule has 2 aromatic rings. The van der Waals surface area contributed by atoms with E-state index in [1.165, 1.54) is 10.8 Å². The highest BCUT2D eigenvalue weighted by Gasteiger charge is 2.04. The molecular weight excluding hydrogens is 216 g/mol. The van der Waals surface area contributed by atoms with Crippen molar-refractivity contribution in [2.24, 2.45) is 0 Å². The van der Waals surface area contributed by atoms with E-state index >= 15 is 0 Å². The lowest BCUT2D eigenvalue weighted by atomic mass is 10.4. The van der Waals surface area contributed by atoms with Crippen molar-refractivity contribution < 1.29 is 9.52 Å². The summed E-state index contributed by atoms with van der Waals surface area (Å²) in [6, 6.07) is 4.56. The van der Waals surface area contributed by atoms with Gasteiger partial charge >= 0.3 is 0 Å². The zero-order chi connectivity index (χ0) is 10.8. The molecule has 0 aromatic carbocycles. The second kappa shape index (κ2) is 3.74. The van der Waals surface area contributed by atoms with Crippen molar-refractivity contribution in [3.8, 4) is 5.88 Å². The quantitative estimate of drug-likeness (QED) is 0.753. The van der Waals surface area contributed by atoms with Crippen molar-refractivity contribution in [2.75, 3.05) is 0 Å². The highest BCUT2D eigenvalue weighted by molar-refractivity contribution is 7.71. The number of aromatic amines is 1. The molecule has 0 bridgehead atoms. The van der Waals surface area contributed by atoms with Gasteiger partial charge in [0.25, 0.3) is 5.56 Å². The summed E-state index contributed by atoms with van der Waals surface area (Å²) in [6.45, 7) is 0.286. The molecule has 0 atom stereocenters. The SMILES string of the molecule is O=c1cc(O)n(Cc2ccco2)c(=S)[nH]1. The summed E-state index contributed by atoms with van der Waals surface area (Å²) in [5.41, 5.74) is -0.423. The van der Waals surface area contributed by atoms with E-state index in [0.29, 0.717) is 5.76 Å². The molecule has 0 saturated carbocycles. The van der Waals surface area contributed by atoms with Gasteiger partial charge in [0, 0.05) is 0 Å². The van der Waals surface area contributed by atoms with E-state index in [0.717, 1.165) is 6.07 Å². The van der Waals surface area contributed by atoms with Crippen molar-refractivity contribution >= 4 is 12.2 Å². The first kappa shape index (κ1) is 9.72. The van der Waals surface area contributed by atoms with Crippen molar-refractivity contribution in [3.05, 3.63) is 45.3 Å². The van der Waals surface area contributed by atoms with Gasteiger partial charge in [-0.1, -0.05) is 0 Å². The Morgan fingerprint density at radius 1 is 1.60 bits per heavy atom. The van der Waals surface area contributed by atoms with Gasteiger partial charge < -0.3 is 9.52 Å². The lowest BCUT2D eigenvalue weighted by Crippen LogP contribution is -2.12. The van der Waals surface area contributed by atoms with Crippen molar-refractivity contribution in [1.29, 1.82) is 0 Å². The molecule has 5 nitrogen and oxygen atoms in total. The van der Waals surface area contributed by atoms with Gasteiger partial charge in [-0.15, -0.1) is 0 Å². The summed E-state index contributed by atoms with van der Waals surface area (Å²) in [5, 5.41) is 9.51. The predicted molar refractivity (Wildman–Crippen MR) is 55.4 cm³/mol. The summed E-state index contributed by atoms with van der Waals surface area (Å²) >= 11 is 4.91. The van der Waals surface area contributed by atoms with Crippen LogP contribution in [0.25, 0.3) is 0 Å². The average Bonchev–Trinajstić information content (AvgIpc) is 2.63. The van der Waals surface area contributed by atoms with E-state index in [1.54, 1.807) is 12.1 Å². The molecule has 0 spiro atoms. The molecule has 78 valence electrons. The third kappa shape index (κ3) is 1.99. The first-order valence-electron chi connectivity index (χ1n) is 4.22. The summed E-state index contributed by atoms with van der Waals surface area (Å²) in [6.07, 6.45) is 1.53. The average molecular weight is 224 g/mol. The van der Waals surface area contributed by atoms with E-state index in [4.69, 9.17) is 16.6 Å². The van der Waals surface area contributed by atoms with Crippen LogP contribution in [0.5, 0.6) is 5.88 Å². The Kier molecular flexibility index (Phi) is 2.42. The minimum Gasteiger partial charge on any atom is -0.494 e. The Labute approximate surface area is 89.6 Å². The fraction of sp³-hybridized carbons (Fsp3) is 0.111. The summed E-state index contributed by atoms with van der Waals surface area (Å²) in [4.78, 5) is 13.4. The van der Waals surface area contributed by atoms with Crippen molar-refractivity contribution in [3.63, 3.8) is 0 Å². The van der Waals surface area contributed by atoms with Gasteiger partial charge in [-0.25, -0.2) is 0 Å². The smallest absolute Gasteiger partial charge is 0.255 e. The summed E-state index contributed by atoms with van der Waals surface area (Å²) < 4.78 is 6.64. The third-order valence-corrected chi connectivity index (χ3v) is 2.23. The molecule has 2 N–H and O–H groups in total. The third-order valence-electron chi connectivity index (χ3n) is 1.91. The molecule has 0 aliphatic heterocycles. The molecule has 0 amide bonds. The normalized spacial score (nSPS) is 10.4. The number of H-pyrrole nitrogens is 1. The van der Waals surface area contributed by atoms with Crippen LogP contribution < -0.4 is 5.56 Å². The number of nitrogens with zero attached hydrogens (tertiary/aromatic N) is 1. The summed E-state index contributed by atoms with van der Waals surface area (Å²) in [7, 11) is 0. The van der Waals surface area contributed by atoms with E-state index < -0.39 is 5.56 Å². The number of nitrogens with one attached hydrogen (secondary N) is 1. The van der Waals surface area contributed by atoms with Crippen LogP contribution in [0.4, 0.5) is 0 Å². The number of aromatic nitrogens is 2. The molecular formula is C9H8N2O3S. The number of furan rings is 1. The Balaban J connectivity index is 2.45. The molecule has 15 heavy (non-hydrogen) atoms.